The number of carbonyl (C=O) groups excluding carboxylic acids is 2. The summed E-state index contributed by atoms with van der Waals surface area (Å²) in [6, 6.07) is 8.83. The maximum atomic E-state index is 12.6. The summed E-state index contributed by atoms with van der Waals surface area (Å²) in [5.74, 6) is 0.364. The van der Waals surface area contributed by atoms with Crippen molar-refractivity contribution in [2.45, 2.75) is 52.4 Å². The highest BCUT2D eigenvalue weighted by Crippen LogP contribution is 2.24. The summed E-state index contributed by atoms with van der Waals surface area (Å²) in [4.78, 5) is 38.6. The third-order valence-electron chi connectivity index (χ3n) is 5.11. The lowest BCUT2D eigenvalue weighted by molar-refractivity contribution is -0.117. The molecule has 2 heterocycles. The van der Waals surface area contributed by atoms with E-state index in [-0.39, 0.29) is 17.4 Å². The first-order chi connectivity index (χ1) is 13.4. The molecule has 1 atom stereocenters. The van der Waals surface area contributed by atoms with Crippen molar-refractivity contribution in [1.82, 2.24) is 0 Å². The van der Waals surface area contributed by atoms with Crippen molar-refractivity contribution >= 4 is 23.2 Å². The van der Waals surface area contributed by atoms with Gasteiger partial charge >= 0.3 is 5.63 Å². The molecular weight excluding hydrogens is 356 g/mol. The zero-order valence-electron chi connectivity index (χ0n) is 16.6. The molecule has 0 aliphatic carbocycles. The maximum Gasteiger partial charge on any atom is 0.349 e. The smallest absolute Gasteiger partial charge is 0.349 e. The fraction of sp³-hybridized carbons (Fsp3) is 0.409. The summed E-state index contributed by atoms with van der Waals surface area (Å²) < 4.78 is 5.40. The minimum Gasteiger partial charge on any atom is -0.427 e. The van der Waals surface area contributed by atoms with Gasteiger partial charge in [-0.05, 0) is 55.7 Å². The van der Waals surface area contributed by atoms with Crippen molar-refractivity contribution in [2.24, 2.45) is 0 Å². The minimum atomic E-state index is -0.616. The zero-order valence-corrected chi connectivity index (χ0v) is 16.6. The molecule has 0 bridgehead atoms. The summed E-state index contributed by atoms with van der Waals surface area (Å²) in [6.45, 7) is 6.55. The number of nitrogens with zero attached hydrogens (tertiary/aromatic N) is 1. The van der Waals surface area contributed by atoms with Crippen molar-refractivity contribution < 1.29 is 14.0 Å². The number of benzene rings is 1. The molecular formula is C22H26N2O4. The third-order valence-corrected chi connectivity index (χ3v) is 5.11. The molecule has 1 unspecified atom stereocenters. The number of rotatable bonds is 6. The normalized spacial score (nSPS) is 15.0. The Kier molecular flexibility index (Phi) is 5.97. The van der Waals surface area contributed by atoms with E-state index >= 15 is 0 Å². The fourth-order valence-corrected chi connectivity index (χ4v) is 3.56. The zero-order chi connectivity index (χ0) is 20.3. The number of hydrogen-bond acceptors (Lipinski definition) is 4. The Morgan fingerprint density at radius 2 is 1.96 bits per heavy atom. The van der Waals surface area contributed by atoms with Crippen molar-refractivity contribution in [3.8, 4) is 0 Å². The molecule has 0 radical (unpaired) electrons. The number of aryl methyl sites for hydroxylation is 1. The van der Waals surface area contributed by atoms with Crippen LogP contribution >= 0.6 is 0 Å². The minimum absolute atomic E-state index is 0.0197. The van der Waals surface area contributed by atoms with Crippen LogP contribution in [0.1, 0.15) is 67.1 Å². The van der Waals surface area contributed by atoms with E-state index in [2.05, 4.69) is 12.2 Å². The van der Waals surface area contributed by atoms with E-state index < -0.39 is 11.5 Å². The molecule has 1 aliphatic rings. The summed E-state index contributed by atoms with van der Waals surface area (Å²) in [5.41, 5.74) is 1.38. The fourth-order valence-electron chi connectivity index (χ4n) is 3.56. The number of hydrogen-bond donors (Lipinski definition) is 1. The van der Waals surface area contributed by atoms with Gasteiger partial charge in [-0.3, -0.25) is 9.59 Å². The van der Waals surface area contributed by atoms with Gasteiger partial charge in [-0.2, -0.15) is 0 Å². The van der Waals surface area contributed by atoms with Gasteiger partial charge < -0.3 is 14.6 Å². The van der Waals surface area contributed by atoms with Crippen molar-refractivity contribution in [2.75, 3.05) is 16.8 Å². The molecule has 6 heteroatoms. The standard InChI is InChI=1S/C22H26N2O4/c1-4-6-14(2)18-13-15(3)20(22(27)28-18)21(26)23-16-8-10-17(11-9-16)24-12-5-7-19(24)25/h8-11,13-14H,4-7,12H2,1-3H3,(H,23,26). The van der Waals surface area contributed by atoms with Crippen LogP contribution < -0.4 is 15.8 Å². The van der Waals surface area contributed by atoms with Crippen LogP contribution in [0.3, 0.4) is 0 Å². The highest BCUT2D eigenvalue weighted by atomic mass is 16.4. The van der Waals surface area contributed by atoms with Crippen molar-refractivity contribution in [3.05, 3.63) is 57.6 Å². The molecule has 1 N–H and O–H groups in total. The quantitative estimate of drug-likeness (QED) is 0.811. The van der Waals surface area contributed by atoms with Gasteiger partial charge in [-0.25, -0.2) is 4.79 Å². The van der Waals surface area contributed by atoms with E-state index in [1.54, 1.807) is 42.2 Å². The van der Waals surface area contributed by atoms with Crippen LogP contribution in [0.25, 0.3) is 0 Å². The Morgan fingerprint density at radius 3 is 2.54 bits per heavy atom. The first-order valence-corrected chi connectivity index (χ1v) is 9.77. The highest BCUT2D eigenvalue weighted by Gasteiger charge is 2.22. The second kappa shape index (κ2) is 8.42. The van der Waals surface area contributed by atoms with Crippen molar-refractivity contribution in [1.29, 1.82) is 0 Å². The molecule has 0 saturated carbocycles. The maximum absolute atomic E-state index is 12.6. The molecule has 28 heavy (non-hydrogen) atoms. The Labute approximate surface area is 164 Å². The van der Waals surface area contributed by atoms with Crippen LogP contribution in [0.5, 0.6) is 0 Å². The topological polar surface area (TPSA) is 79.6 Å². The lowest BCUT2D eigenvalue weighted by Crippen LogP contribution is -2.24. The molecule has 1 fully saturated rings. The Balaban J connectivity index is 1.76. The van der Waals surface area contributed by atoms with Gasteiger partial charge in [0.15, 0.2) is 0 Å². The summed E-state index contributed by atoms with van der Waals surface area (Å²) in [5, 5.41) is 2.74. The van der Waals surface area contributed by atoms with Crippen LogP contribution in [0.4, 0.5) is 11.4 Å². The molecule has 6 nitrogen and oxygen atoms in total. The van der Waals surface area contributed by atoms with Gasteiger partial charge in [0.1, 0.15) is 11.3 Å². The molecule has 1 aromatic heterocycles. The van der Waals surface area contributed by atoms with Gasteiger partial charge in [0, 0.05) is 30.3 Å². The van der Waals surface area contributed by atoms with Gasteiger partial charge in [0.2, 0.25) is 5.91 Å². The van der Waals surface area contributed by atoms with E-state index in [0.717, 1.165) is 24.9 Å². The van der Waals surface area contributed by atoms with E-state index in [0.29, 0.717) is 30.0 Å². The van der Waals surface area contributed by atoms with Crippen LogP contribution in [0.2, 0.25) is 0 Å². The number of nitrogens with one attached hydrogen (secondary N) is 1. The average molecular weight is 382 g/mol. The Morgan fingerprint density at radius 1 is 1.25 bits per heavy atom. The summed E-state index contributed by atoms with van der Waals surface area (Å²) >= 11 is 0. The SMILES string of the molecule is CCCC(C)c1cc(C)c(C(=O)Nc2ccc(N3CCCC3=O)cc2)c(=O)o1. The average Bonchev–Trinajstić information content (AvgIpc) is 3.08. The van der Waals surface area contributed by atoms with Crippen LogP contribution in [0, 0.1) is 6.92 Å². The van der Waals surface area contributed by atoms with E-state index in [1.165, 1.54) is 0 Å². The predicted molar refractivity (Wildman–Crippen MR) is 109 cm³/mol. The first kappa shape index (κ1) is 19.9. The molecule has 0 spiro atoms. The highest BCUT2D eigenvalue weighted by molar-refractivity contribution is 6.05. The Bertz CT molecular complexity index is 931. The lowest BCUT2D eigenvalue weighted by atomic mass is 10.0. The molecule has 1 aromatic carbocycles. The second-order valence-corrected chi connectivity index (χ2v) is 7.33. The first-order valence-electron chi connectivity index (χ1n) is 9.77. The van der Waals surface area contributed by atoms with Gasteiger partial charge in [-0.1, -0.05) is 20.3 Å². The van der Waals surface area contributed by atoms with Crippen LogP contribution in [0.15, 0.2) is 39.5 Å². The molecule has 1 aliphatic heterocycles. The number of amides is 2. The third kappa shape index (κ3) is 4.16. The van der Waals surface area contributed by atoms with Crippen LogP contribution in [-0.2, 0) is 4.79 Å². The summed E-state index contributed by atoms with van der Waals surface area (Å²) in [7, 11) is 0. The molecule has 2 aromatic rings. The van der Waals surface area contributed by atoms with Crippen molar-refractivity contribution in [3.63, 3.8) is 0 Å². The number of anilines is 2. The monoisotopic (exact) mass is 382 g/mol. The molecule has 3 rings (SSSR count). The van der Waals surface area contributed by atoms with E-state index in [4.69, 9.17) is 4.42 Å². The largest absolute Gasteiger partial charge is 0.427 e. The molecule has 1 saturated heterocycles. The van der Waals surface area contributed by atoms with E-state index in [1.807, 2.05) is 6.92 Å². The van der Waals surface area contributed by atoms with Gasteiger partial charge in [0.05, 0.1) is 0 Å². The Hall–Kier alpha value is -2.89. The van der Waals surface area contributed by atoms with Gasteiger partial charge in [-0.15, -0.1) is 0 Å². The van der Waals surface area contributed by atoms with E-state index in [9.17, 15) is 14.4 Å². The second-order valence-electron chi connectivity index (χ2n) is 7.33. The lowest BCUT2D eigenvalue weighted by Gasteiger charge is -2.16. The number of carbonyl (C=O) groups is 2. The molecule has 2 amide bonds. The van der Waals surface area contributed by atoms with Crippen LogP contribution in [-0.4, -0.2) is 18.4 Å². The van der Waals surface area contributed by atoms with Gasteiger partial charge in [0.25, 0.3) is 5.91 Å². The summed E-state index contributed by atoms with van der Waals surface area (Å²) in [6.07, 6.45) is 3.34. The predicted octanol–water partition coefficient (Wildman–Crippen LogP) is 4.23. The molecule has 148 valence electrons.